The molecule has 47 valence electrons. The summed E-state index contributed by atoms with van der Waals surface area (Å²) in [4.78, 5) is 13.4. The first-order chi connectivity index (χ1) is 4.34. The Morgan fingerprint density at radius 1 is 1.78 bits per heavy atom. The summed E-state index contributed by atoms with van der Waals surface area (Å²) in [5, 5.41) is 2.25. The third-order valence-electron chi connectivity index (χ3n) is 1.00. The SMILES string of the molecule is [CH2]NC(=O)c1ccc[nH]1. The summed E-state index contributed by atoms with van der Waals surface area (Å²) in [6.45, 7) is 0. The molecule has 9 heavy (non-hydrogen) atoms. The molecule has 3 heteroatoms. The second-order valence-electron chi connectivity index (χ2n) is 1.59. The number of amides is 1. The van der Waals surface area contributed by atoms with Gasteiger partial charge in [0.1, 0.15) is 5.69 Å². The van der Waals surface area contributed by atoms with Crippen LogP contribution in [0.25, 0.3) is 0 Å². The van der Waals surface area contributed by atoms with Gasteiger partial charge >= 0.3 is 0 Å². The highest BCUT2D eigenvalue weighted by atomic mass is 16.1. The van der Waals surface area contributed by atoms with E-state index in [0.29, 0.717) is 5.69 Å². The molecule has 1 rings (SSSR count). The Morgan fingerprint density at radius 2 is 2.56 bits per heavy atom. The van der Waals surface area contributed by atoms with E-state index >= 15 is 0 Å². The highest BCUT2D eigenvalue weighted by Gasteiger charge is 1.99. The lowest BCUT2D eigenvalue weighted by molar-refractivity contribution is 0.0964. The van der Waals surface area contributed by atoms with Crippen molar-refractivity contribution < 1.29 is 4.79 Å². The van der Waals surface area contributed by atoms with Gasteiger partial charge < -0.3 is 10.3 Å². The average molecular weight is 123 g/mol. The summed E-state index contributed by atoms with van der Waals surface area (Å²) in [6.07, 6.45) is 1.69. The molecule has 1 radical (unpaired) electrons. The number of rotatable bonds is 1. The zero-order valence-electron chi connectivity index (χ0n) is 4.85. The third kappa shape index (κ3) is 1.10. The minimum absolute atomic E-state index is 0.194. The quantitative estimate of drug-likeness (QED) is 0.562. The van der Waals surface area contributed by atoms with Crippen LogP contribution in [-0.4, -0.2) is 10.9 Å². The molecule has 0 bridgehead atoms. The molecule has 0 saturated heterocycles. The van der Waals surface area contributed by atoms with E-state index in [1.165, 1.54) is 0 Å². The van der Waals surface area contributed by atoms with E-state index < -0.39 is 0 Å². The lowest BCUT2D eigenvalue weighted by atomic mass is 10.4. The molecule has 0 aliphatic rings. The minimum atomic E-state index is -0.194. The van der Waals surface area contributed by atoms with E-state index in [1.807, 2.05) is 0 Å². The Hall–Kier alpha value is -1.25. The van der Waals surface area contributed by atoms with Gasteiger partial charge in [-0.2, -0.15) is 0 Å². The maximum atomic E-state index is 10.7. The zero-order valence-corrected chi connectivity index (χ0v) is 4.85. The number of hydrogen-bond donors (Lipinski definition) is 2. The smallest absolute Gasteiger partial charge is 0.267 e. The first kappa shape index (κ1) is 5.88. The Labute approximate surface area is 53.1 Å². The summed E-state index contributed by atoms with van der Waals surface area (Å²) >= 11 is 0. The number of aromatic amines is 1. The average Bonchev–Trinajstić information content (AvgIpc) is 2.37. The zero-order chi connectivity index (χ0) is 6.69. The molecule has 2 N–H and O–H groups in total. The topological polar surface area (TPSA) is 44.9 Å². The van der Waals surface area contributed by atoms with Crippen LogP contribution in [0.15, 0.2) is 18.3 Å². The van der Waals surface area contributed by atoms with Crippen LogP contribution in [0.4, 0.5) is 0 Å². The standard InChI is InChI=1S/C6H7N2O/c1-7-6(9)5-3-2-4-8-5/h2-4,8H,1H2,(H,7,9). The van der Waals surface area contributed by atoms with Gasteiger partial charge in [0.2, 0.25) is 0 Å². The molecule has 1 aromatic rings. The van der Waals surface area contributed by atoms with E-state index in [2.05, 4.69) is 17.3 Å². The Morgan fingerprint density at radius 3 is 3.00 bits per heavy atom. The molecule has 0 unspecified atom stereocenters. The first-order valence-corrected chi connectivity index (χ1v) is 2.55. The van der Waals surface area contributed by atoms with E-state index in [4.69, 9.17) is 0 Å². The maximum absolute atomic E-state index is 10.7. The van der Waals surface area contributed by atoms with Crippen molar-refractivity contribution >= 4 is 5.91 Å². The first-order valence-electron chi connectivity index (χ1n) is 2.55. The second kappa shape index (κ2) is 2.35. The summed E-state index contributed by atoms with van der Waals surface area (Å²) in [6, 6.07) is 3.44. The Bertz CT molecular complexity index is 191. The molecule has 0 saturated carbocycles. The van der Waals surface area contributed by atoms with Crippen molar-refractivity contribution in [2.45, 2.75) is 0 Å². The van der Waals surface area contributed by atoms with Gasteiger partial charge in [0.05, 0.1) is 0 Å². The molecule has 0 aliphatic heterocycles. The van der Waals surface area contributed by atoms with Crippen molar-refractivity contribution in [1.29, 1.82) is 0 Å². The summed E-state index contributed by atoms with van der Waals surface area (Å²) in [5.74, 6) is -0.194. The number of nitrogens with one attached hydrogen (secondary N) is 2. The van der Waals surface area contributed by atoms with Crippen molar-refractivity contribution in [3.05, 3.63) is 31.1 Å². The summed E-state index contributed by atoms with van der Waals surface area (Å²) in [5.41, 5.74) is 0.532. The van der Waals surface area contributed by atoms with Crippen LogP contribution in [0.3, 0.4) is 0 Å². The van der Waals surface area contributed by atoms with Crippen LogP contribution in [0.2, 0.25) is 0 Å². The molecule has 3 nitrogen and oxygen atoms in total. The van der Waals surface area contributed by atoms with Crippen LogP contribution in [0.5, 0.6) is 0 Å². The molecule has 0 aliphatic carbocycles. The molecular weight excluding hydrogens is 116 g/mol. The molecule has 0 fully saturated rings. The molecule has 1 aromatic heterocycles. The van der Waals surface area contributed by atoms with Gasteiger partial charge in [0, 0.05) is 13.2 Å². The van der Waals surface area contributed by atoms with Crippen LogP contribution in [0, 0.1) is 7.05 Å². The molecule has 0 atom stereocenters. The van der Waals surface area contributed by atoms with Gasteiger partial charge in [-0.1, -0.05) is 0 Å². The highest BCUT2D eigenvalue weighted by Crippen LogP contribution is 1.91. The summed E-state index contributed by atoms with van der Waals surface area (Å²) < 4.78 is 0. The van der Waals surface area contributed by atoms with Crippen molar-refractivity contribution in [3.63, 3.8) is 0 Å². The maximum Gasteiger partial charge on any atom is 0.267 e. The van der Waals surface area contributed by atoms with E-state index in [-0.39, 0.29) is 5.91 Å². The molecule has 0 spiro atoms. The number of carbonyl (C=O) groups excluding carboxylic acids is 1. The normalized spacial score (nSPS) is 9.00. The van der Waals surface area contributed by atoms with E-state index in [1.54, 1.807) is 18.3 Å². The fourth-order valence-electron chi connectivity index (χ4n) is 0.567. The fourth-order valence-corrected chi connectivity index (χ4v) is 0.567. The fraction of sp³-hybridized carbons (Fsp3) is 0. The van der Waals surface area contributed by atoms with Crippen LogP contribution in [0.1, 0.15) is 10.5 Å². The van der Waals surface area contributed by atoms with Gasteiger partial charge in [-0.05, 0) is 12.1 Å². The lowest BCUT2D eigenvalue weighted by Gasteiger charge is -1.91. The molecule has 0 aromatic carbocycles. The van der Waals surface area contributed by atoms with Crippen LogP contribution in [-0.2, 0) is 0 Å². The number of carbonyl (C=O) groups is 1. The highest BCUT2D eigenvalue weighted by molar-refractivity contribution is 5.92. The molecule has 1 heterocycles. The number of hydrogen-bond acceptors (Lipinski definition) is 1. The van der Waals surface area contributed by atoms with Crippen LogP contribution < -0.4 is 5.32 Å². The lowest BCUT2D eigenvalue weighted by Crippen LogP contribution is -2.15. The number of aromatic nitrogens is 1. The van der Waals surface area contributed by atoms with Crippen molar-refractivity contribution in [2.24, 2.45) is 0 Å². The predicted octanol–water partition coefficient (Wildman–Crippen LogP) is 0.536. The van der Waals surface area contributed by atoms with Crippen molar-refractivity contribution in [3.8, 4) is 0 Å². The predicted molar refractivity (Wildman–Crippen MR) is 33.6 cm³/mol. The van der Waals surface area contributed by atoms with Gasteiger partial charge in [0.25, 0.3) is 5.91 Å². The monoisotopic (exact) mass is 123 g/mol. The third-order valence-corrected chi connectivity index (χ3v) is 1.00. The van der Waals surface area contributed by atoms with Gasteiger partial charge in [-0.15, -0.1) is 0 Å². The Balaban J connectivity index is 2.77. The van der Waals surface area contributed by atoms with Gasteiger partial charge in [0.15, 0.2) is 0 Å². The van der Waals surface area contributed by atoms with E-state index in [0.717, 1.165) is 0 Å². The van der Waals surface area contributed by atoms with Crippen LogP contribution >= 0.6 is 0 Å². The van der Waals surface area contributed by atoms with Crippen molar-refractivity contribution in [1.82, 2.24) is 10.3 Å². The van der Waals surface area contributed by atoms with Gasteiger partial charge in [-0.25, -0.2) is 0 Å². The van der Waals surface area contributed by atoms with Gasteiger partial charge in [-0.3, -0.25) is 4.79 Å². The molecule has 1 amide bonds. The second-order valence-corrected chi connectivity index (χ2v) is 1.59. The largest absolute Gasteiger partial charge is 0.357 e. The van der Waals surface area contributed by atoms with E-state index in [9.17, 15) is 4.79 Å². The molecular formula is C6H7N2O. The van der Waals surface area contributed by atoms with Crippen molar-refractivity contribution in [2.75, 3.05) is 0 Å². The Kier molecular flexibility index (Phi) is 1.53. The summed E-state index contributed by atoms with van der Waals surface area (Å²) in [7, 11) is 3.22. The number of H-pyrrole nitrogens is 1. The minimum Gasteiger partial charge on any atom is -0.357 e.